The van der Waals surface area contributed by atoms with E-state index in [1.807, 2.05) is 0 Å². The molecule has 0 aromatic heterocycles. The molecule has 0 unspecified atom stereocenters. The summed E-state index contributed by atoms with van der Waals surface area (Å²) in [5, 5.41) is 3.58. The molecule has 1 amide bonds. The number of amides is 1. The zero-order valence-corrected chi connectivity index (χ0v) is 13.0. The number of carbonyl (C=O) groups is 1. The zero-order valence-electron chi connectivity index (χ0n) is 12.2. The van der Waals surface area contributed by atoms with E-state index in [9.17, 15) is 4.79 Å². The minimum atomic E-state index is -0.222. The van der Waals surface area contributed by atoms with Gasteiger partial charge >= 0.3 is 0 Å². The first-order chi connectivity index (χ1) is 9.43. The minimum absolute atomic E-state index is 0.109. The predicted octanol–water partition coefficient (Wildman–Crippen LogP) is 4.47. The van der Waals surface area contributed by atoms with Crippen LogP contribution in [0.3, 0.4) is 0 Å². The first kappa shape index (κ1) is 15.2. The highest BCUT2D eigenvalue weighted by atomic mass is 35.5. The average Bonchev–Trinajstić information content (AvgIpc) is 2.81. The van der Waals surface area contributed by atoms with Crippen LogP contribution in [-0.4, -0.2) is 5.91 Å². The first-order valence-corrected chi connectivity index (χ1v) is 7.67. The lowest BCUT2D eigenvalue weighted by Crippen LogP contribution is -2.35. The average molecular weight is 295 g/mol. The summed E-state index contributed by atoms with van der Waals surface area (Å²) in [5.74, 6) is 0.624. The molecule has 1 aromatic carbocycles. The third-order valence-corrected chi connectivity index (χ3v) is 4.34. The fourth-order valence-corrected chi connectivity index (χ4v) is 3.44. The van der Waals surface area contributed by atoms with Gasteiger partial charge in [-0.3, -0.25) is 4.79 Å². The fraction of sp³-hybridized carbons (Fsp3) is 0.562. The molecule has 0 atom stereocenters. The number of anilines is 2. The van der Waals surface area contributed by atoms with E-state index >= 15 is 0 Å². The summed E-state index contributed by atoms with van der Waals surface area (Å²) in [6.45, 7) is 4.34. The number of halogens is 1. The van der Waals surface area contributed by atoms with Crippen LogP contribution in [0.25, 0.3) is 0 Å². The Bertz CT molecular complexity index is 493. The molecule has 20 heavy (non-hydrogen) atoms. The Kier molecular flexibility index (Phi) is 4.59. The van der Waals surface area contributed by atoms with Gasteiger partial charge in [-0.1, -0.05) is 38.3 Å². The van der Waals surface area contributed by atoms with E-state index < -0.39 is 0 Å². The number of nitrogens with two attached hydrogens (primary N) is 1. The van der Waals surface area contributed by atoms with E-state index in [0.717, 1.165) is 32.1 Å². The number of nitrogen functional groups attached to an aromatic ring is 1. The molecule has 2 rings (SSSR count). The van der Waals surface area contributed by atoms with E-state index in [1.54, 1.807) is 18.2 Å². The molecule has 0 heterocycles. The second-order valence-electron chi connectivity index (χ2n) is 6.27. The SMILES string of the molecule is CC(C)CC1(C(=O)Nc2ccc(Cl)cc2N)CCCC1. The van der Waals surface area contributed by atoms with Gasteiger partial charge in [-0.25, -0.2) is 0 Å². The number of nitrogens with one attached hydrogen (secondary N) is 1. The van der Waals surface area contributed by atoms with Gasteiger partial charge in [-0.05, 0) is 43.4 Å². The largest absolute Gasteiger partial charge is 0.397 e. The lowest BCUT2D eigenvalue weighted by Gasteiger charge is -2.29. The molecular weight excluding hydrogens is 272 g/mol. The molecule has 0 saturated heterocycles. The van der Waals surface area contributed by atoms with Crippen molar-refractivity contribution in [2.45, 2.75) is 46.0 Å². The van der Waals surface area contributed by atoms with Crippen molar-refractivity contribution in [2.24, 2.45) is 11.3 Å². The Morgan fingerprint density at radius 2 is 2.05 bits per heavy atom. The summed E-state index contributed by atoms with van der Waals surface area (Å²) >= 11 is 5.88. The van der Waals surface area contributed by atoms with Crippen molar-refractivity contribution in [1.29, 1.82) is 0 Å². The molecule has 1 fully saturated rings. The predicted molar refractivity (Wildman–Crippen MR) is 84.9 cm³/mol. The van der Waals surface area contributed by atoms with Crippen LogP contribution in [0.5, 0.6) is 0 Å². The van der Waals surface area contributed by atoms with Crippen LogP contribution in [0, 0.1) is 11.3 Å². The van der Waals surface area contributed by atoms with Gasteiger partial charge in [-0.2, -0.15) is 0 Å². The maximum Gasteiger partial charge on any atom is 0.230 e. The van der Waals surface area contributed by atoms with E-state index in [0.29, 0.717) is 22.3 Å². The van der Waals surface area contributed by atoms with Gasteiger partial charge < -0.3 is 11.1 Å². The number of carbonyl (C=O) groups excluding carboxylic acids is 1. The molecule has 4 heteroatoms. The van der Waals surface area contributed by atoms with Crippen molar-refractivity contribution in [3.05, 3.63) is 23.2 Å². The van der Waals surface area contributed by atoms with Crippen molar-refractivity contribution in [2.75, 3.05) is 11.1 Å². The standard InChI is InChI=1S/C16H23ClN2O/c1-11(2)10-16(7-3-4-8-16)15(20)19-14-6-5-12(17)9-13(14)18/h5-6,9,11H,3-4,7-8,10,18H2,1-2H3,(H,19,20). The highest BCUT2D eigenvalue weighted by Crippen LogP contribution is 2.44. The van der Waals surface area contributed by atoms with Gasteiger partial charge in [0.05, 0.1) is 11.4 Å². The quantitative estimate of drug-likeness (QED) is 0.805. The molecule has 3 N–H and O–H groups in total. The van der Waals surface area contributed by atoms with Gasteiger partial charge in [0.2, 0.25) is 5.91 Å². The van der Waals surface area contributed by atoms with Gasteiger partial charge in [0.25, 0.3) is 0 Å². The van der Waals surface area contributed by atoms with Crippen LogP contribution >= 0.6 is 11.6 Å². The topological polar surface area (TPSA) is 55.1 Å². The highest BCUT2D eigenvalue weighted by Gasteiger charge is 2.41. The number of rotatable bonds is 4. The fourth-order valence-electron chi connectivity index (χ4n) is 3.26. The van der Waals surface area contributed by atoms with Crippen LogP contribution in [0.2, 0.25) is 5.02 Å². The molecule has 0 spiro atoms. The summed E-state index contributed by atoms with van der Waals surface area (Å²) in [4.78, 5) is 12.7. The lowest BCUT2D eigenvalue weighted by atomic mass is 9.77. The summed E-state index contributed by atoms with van der Waals surface area (Å²) < 4.78 is 0. The van der Waals surface area contributed by atoms with Gasteiger partial charge in [-0.15, -0.1) is 0 Å². The van der Waals surface area contributed by atoms with E-state index in [2.05, 4.69) is 19.2 Å². The smallest absolute Gasteiger partial charge is 0.230 e. The van der Waals surface area contributed by atoms with Gasteiger partial charge in [0.15, 0.2) is 0 Å². The van der Waals surface area contributed by atoms with Crippen LogP contribution in [0.4, 0.5) is 11.4 Å². The Balaban J connectivity index is 2.16. The zero-order chi connectivity index (χ0) is 14.8. The van der Waals surface area contributed by atoms with E-state index in [4.69, 9.17) is 17.3 Å². The van der Waals surface area contributed by atoms with Crippen LogP contribution in [0.15, 0.2) is 18.2 Å². The Hall–Kier alpha value is -1.22. The van der Waals surface area contributed by atoms with E-state index in [1.165, 1.54) is 0 Å². The maximum absolute atomic E-state index is 12.7. The van der Waals surface area contributed by atoms with Crippen LogP contribution in [-0.2, 0) is 4.79 Å². The van der Waals surface area contributed by atoms with Crippen molar-refractivity contribution in [3.8, 4) is 0 Å². The summed E-state index contributed by atoms with van der Waals surface area (Å²) in [6, 6.07) is 5.19. The number of hydrogen-bond acceptors (Lipinski definition) is 2. The van der Waals surface area contributed by atoms with E-state index in [-0.39, 0.29) is 11.3 Å². The number of hydrogen-bond donors (Lipinski definition) is 2. The normalized spacial score (nSPS) is 17.4. The van der Waals surface area contributed by atoms with Crippen molar-refractivity contribution in [1.82, 2.24) is 0 Å². The summed E-state index contributed by atoms with van der Waals surface area (Å²) in [7, 11) is 0. The van der Waals surface area contributed by atoms with Crippen molar-refractivity contribution >= 4 is 28.9 Å². The molecule has 0 aliphatic heterocycles. The first-order valence-electron chi connectivity index (χ1n) is 7.29. The molecule has 0 bridgehead atoms. The number of benzene rings is 1. The summed E-state index contributed by atoms with van der Waals surface area (Å²) in [5.41, 5.74) is 6.87. The Morgan fingerprint density at radius 3 is 2.60 bits per heavy atom. The van der Waals surface area contributed by atoms with Crippen LogP contribution < -0.4 is 11.1 Å². The Morgan fingerprint density at radius 1 is 1.40 bits per heavy atom. The van der Waals surface area contributed by atoms with Crippen molar-refractivity contribution < 1.29 is 4.79 Å². The van der Waals surface area contributed by atoms with Gasteiger partial charge in [0, 0.05) is 10.4 Å². The minimum Gasteiger partial charge on any atom is -0.397 e. The van der Waals surface area contributed by atoms with Crippen molar-refractivity contribution in [3.63, 3.8) is 0 Å². The van der Waals surface area contributed by atoms with Gasteiger partial charge in [0.1, 0.15) is 0 Å². The molecular formula is C16H23ClN2O. The lowest BCUT2D eigenvalue weighted by molar-refractivity contribution is -0.126. The second kappa shape index (κ2) is 6.04. The molecule has 1 saturated carbocycles. The Labute approximate surface area is 125 Å². The third kappa shape index (κ3) is 3.26. The van der Waals surface area contributed by atoms with Crippen LogP contribution in [0.1, 0.15) is 46.0 Å². The molecule has 0 radical (unpaired) electrons. The molecule has 1 aliphatic rings. The summed E-state index contributed by atoms with van der Waals surface area (Å²) in [6.07, 6.45) is 5.16. The highest BCUT2D eigenvalue weighted by molar-refractivity contribution is 6.31. The molecule has 110 valence electrons. The monoisotopic (exact) mass is 294 g/mol. The molecule has 3 nitrogen and oxygen atoms in total. The molecule has 1 aromatic rings. The molecule has 1 aliphatic carbocycles. The third-order valence-electron chi connectivity index (χ3n) is 4.10. The second-order valence-corrected chi connectivity index (χ2v) is 6.71. The maximum atomic E-state index is 12.7.